The fourth-order valence-corrected chi connectivity index (χ4v) is 6.01. The van der Waals surface area contributed by atoms with E-state index in [0.29, 0.717) is 17.8 Å². The van der Waals surface area contributed by atoms with Gasteiger partial charge in [0.2, 0.25) is 10.7 Å². The molecule has 0 amide bonds. The Morgan fingerprint density at radius 3 is 1.96 bits per heavy atom. The fourth-order valence-electron chi connectivity index (χ4n) is 5.63. The quantitative estimate of drug-likeness (QED) is 0.292. The van der Waals surface area contributed by atoms with Crippen molar-refractivity contribution in [3.8, 4) is 0 Å². The highest BCUT2D eigenvalue weighted by Gasteiger charge is 2.58. The lowest BCUT2D eigenvalue weighted by Crippen LogP contribution is -2.47. The molecule has 150 valence electrons. The summed E-state index contributed by atoms with van der Waals surface area (Å²) in [5.41, 5.74) is -0.0379. The molecule has 0 aromatic rings. The number of carbonyl (C=O) groups excluding carboxylic acids is 1. The SMILES string of the molecule is O=C(CC12CC3CC(CC(C3)C1)C2)OCCCC(F)(F)C(F)(F)[SH](=O)=O. The number of hydrogen-bond acceptors (Lipinski definition) is 4. The first-order valence-electron chi connectivity index (χ1n) is 9.09. The molecule has 0 radical (unpaired) electrons. The van der Waals surface area contributed by atoms with Gasteiger partial charge in [-0.3, -0.25) is 4.79 Å². The molecule has 9 heteroatoms. The van der Waals surface area contributed by atoms with Gasteiger partial charge in [-0.1, -0.05) is 0 Å². The van der Waals surface area contributed by atoms with Crippen LogP contribution in [-0.2, 0) is 20.2 Å². The lowest BCUT2D eigenvalue weighted by atomic mass is 9.49. The third-order valence-electron chi connectivity index (χ3n) is 6.25. The Hall–Kier alpha value is -0.860. The number of halogens is 4. The Morgan fingerprint density at radius 2 is 1.50 bits per heavy atom. The van der Waals surface area contributed by atoms with Crippen molar-refractivity contribution in [3.63, 3.8) is 0 Å². The van der Waals surface area contributed by atoms with Crippen molar-refractivity contribution < 1.29 is 35.5 Å². The minimum atomic E-state index is -5.09. The van der Waals surface area contributed by atoms with Gasteiger partial charge >= 0.3 is 17.1 Å². The van der Waals surface area contributed by atoms with Gasteiger partial charge in [-0.2, -0.15) is 17.6 Å². The lowest BCUT2D eigenvalue weighted by Gasteiger charge is -2.56. The van der Waals surface area contributed by atoms with E-state index < -0.39 is 47.3 Å². The second kappa shape index (κ2) is 6.95. The molecule has 0 heterocycles. The maximum absolute atomic E-state index is 13.3. The van der Waals surface area contributed by atoms with Gasteiger partial charge in [0, 0.05) is 6.42 Å². The van der Waals surface area contributed by atoms with E-state index in [0.717, 1.165) is 19.3 Å². The molecule has 0 spiro atoms. The summed E-state index contributed by atoms with van der Waals surface area (Å²) in [5, 5.41) is -5.09. The molecule has 4 aliphatic rings. The predicted molar refractivity (Wildman–Crippen MR) is 85.6 cm³/mol. The highest BCUT2D eigenvalue weighted by atomic mass is 32.2. The zero-order valence-electron chi connectivity index (χ0n) is 14.4. The fraction of sp³-hybridized carbons (Fsp3) is 0.941. The van der Waals surface area contributed by atoms with Crippen molar-refractivity contribution >= 4 is 16.7 Å². The van der Waals surface area contributed by atoms with Crippen LogP contribution in [0.4, 0.5) is 17.6 Å². The lowest BCUT2D eigenvalue weighted by molar-refractivity contribution is -0.164. The van der Waals surface area contributed by atoms with E-state index in [-0.39, 0.29) is 11.8 Å². The summed E-state index contributed by atoms with van der Waals surface area (Å²) in [7, 11) is -4.58. The molecule has 4 aliphatic carbocycles. The number of thiol groups is 1. The number of alkyl halides is 4. The average Bonchev–Trinajstić information content (AvgIpc) is 2.49. The summed E-state index contributed by atoms with van der Waals surface area (Å²) < 4.78 is 78.0. The van der Waals surface area contributed by atoms with Crippen LogP contribution in [0.5, 0.6) is 0 Å². The van der Waals surface area contributed by atoms with E-state index in [4.69, 9.17) is 4.74 Å². The molecule has 0 unspecified atom stereocenters. The number of hydrogen-bond donors (Lipinski definition) is 1. The van der Waals surface area contributed by atoms with Crippen molar-refractivity contribution in [2.45, 2.75) is 69.0 Å². The first kappa shape index (κ1) is 19.9. The molecular formula is C17H24F4O4S. The largest absolute Gasteiger partial charge is 0.466 e. The van der Waals surface area contributed by atoms with Crippen LogP contribution in [0.1, 0.15) is 57.8 Å². The van der Waals surface area contributed by atoms with Crippen LogP contribution in [0.25, 0.3) is 0 Å². The van der Waals surface area contributed by atoms with Crippen LogP contribution in [0, 0.1) is 23.2 Å². The van der Waals surface area contributed by atoms with Crippen LogP contribution in [-0.4, -0.2) is 32.2 Å². The number of carbonyl (C=O) groups is 1. The van der Waals surface area contributed by atoms with Crippen molar-refractivity contribution in [3.05, 3.63) is 0 Å². The summed E-state index contributed by atoms with van der Waals surface area (Å²) in [5.74, 6) is -3.14. The van der Waals surface area contributed by atoms with Gasteiger partial charge in [0.05, 0.1) is 13.0 Å². The highest BCUT2D eigenvalue weighted by molar-refractivity contribution is 7.73. The molecule has 4 bridgehead atoms. The zero-order valence-corrected chi connectivity index (χ0v) is 15.3. The van der Waals surface area contributed by atoms with Gasteiger partial charge in [0.25, 0.3) is 0 Å². The van der Waals surface area contributed by atoms with Gasteiger partial charge in [-0.05, 0) is 68.1 Å². The smallest absolute Gasteiger partial charge is 0.404 e. The van der Waals surface area contributed by atoms with Crippen LogP contribution in [0.15, 0.2) is 0 Å². The maximum atomic E-state index is 13.3. The van der Waals surface area contributed by atoms with E-state index in [2.05, 4.69) is 0 Å². The summed E-state index contributed by atoms with van der Waals surface area (Å²) >= 11 is 0. The molecule has 0 N–H and O–H groups in total. The summed E-state index contributed by atoms with van der Waals surface area (Å²) in [4.78, 5) is 12.1. The number of ether oxygens (including phenoxy) is 1. The van der Waals surface area contributed by atoms with Crippen LogP contribution in [0.2, 0.25) is 0 Å². The Balaban J connectivity index is 1.44. The van der Waals surface area contributed by atoms with Crippen molar-refractivity contribution in [1.82, 2.24) is 0 Å². The number of esters is 1. The molecule has 0 atom stereocenters. The van der Waals surface area contributed by atoms with Crippen LogP contribution < -0.4 is 0 Å². The molecular weight excluding hydrogens is 376 g/mol. The Labute approximate surface area is 151 Å². The third-order valence-corrected chi connectivity index (χ3v) is 7.04. The molecule has 4 rings (SSSR count). The molecule has 4 nitrogen and oxygen atoms in total. The van der Waals surface area contributed by atoms with E-state index >= 15 is 0 Å². The second-order valence-corrected chi connectivity index (χ2v) is 9.50. The third kappa shape index (κ3) is 3.87. The van der Waals surface area contributed by atoms with E-state index in [1.807, 2.05) is 0 Å². The van der Waals surface area contributed by atoms with E-state index in [1.165, 1.54) is 19.3 Å². The van der Waals surface area contributed by atoms with Gasteiger partial charge < -0.3 is 4.74 Å². The van der Waals surface area contributed by atoms with Crippen molar-refractivity contribution in [1.29, 1.82) is 0 Å². The Kier molecular flexibility index (Phi) is 5.31. The number of rotatable bonds is 8. The van der Waals surface area contributed by atoms with Crippen LogP contribution >= 0.6 is 0 Å². The molecule has 4 saturated carbocycles. The van der Waals surface area contributed by atoms with Gasteiger partial charge in [-0.25, -0.2) is 8.42 Å². The first-order chi connectivity index (χ1) is 12.0. The van der Waals surface area contributed by atoms with Gasteiger partial charge in [0.15, 0.2) is 0 Å². The van der Waals surface area contributed by atoms with Crippen LogP contribution in [0.3, 0.4) is 0 Å². The monoisotopic (exact) mass is 400 g/mol. The van der Waals surface area contributed by atoms with E-state index in [9.17, 15) is 30.8 Å². The first-order valence-corrected chi connectivity index (χ1v) is 10.3. The maximum Gasteiger partial charge on any atom is 0.404 e. The second-order valence-electron chi connectivity index (χ2n) is 8.42. The molecule has 0 aromatic heterocycles. The van der Waals surface area contributed by atoms with Gasteiger partial charge in [-0.15, -0.1) is 0 Å². The Morgan fingerprint density at radius 1 is 1.00 bits per heavy atom. The predicted octanol–water partition coefficient (Wildman–Crippen LogP) is 3.76. The van der Waals surface area contributed by atoms with Gasteiger partial charge in [0.1, 0.15) is 0 Å². The summed E-state index contributed by atoms with van der Waals surface area (Å²) in [6.07, 6.45) is 5.12. The normalized spacial score (nSPS) is 33.7. The zero-order chi connectivity index (χ0) is 19.2. The molecule has 0 saturated heterocycles. The Bertz CT molecular complexity index is 589. The average molecular weight is 400 g/mol. The summed E-state index contributed by atoms with van der Waals surface area (Å²) in [6, 6.07) is 0. The standard InChI is InChI=1S/C17H24F4O4S/c18-16(19,17(20,21)26(23)24)2-1-3-25-14(22)10-15-7-11-4-12(8-15)6-13(5-11)9-15/h11-13,26H,1-10H2. The van der Waals surface area contributed by atoms with Crippen molar-refractivity contribution in [2.24, 2.45) is 23.2 Å². The topological polar surface area (TPSA) is 60.4 Å². The van der Waals surface area contributed by atoms with E-state index in [1.54, 1.807) is 0 Å². The molecule has 4 fully saturated rings. The van der Waals surface area contributed by atoms with Crippen molar-refractivity contribution in [2.75, 3.05) is 6.61 Å². The minimum Gasteiger partial charge on any atom is -0.466 e. The summed E-state index contributed by atoms with van der Waals surface area (Å²) in [6.45, 7) is -0.410. The molecule has 0 aromatic carbocycles. The molecule has 26 heavy (non-hydrogen) atoms. The highest BCUT2D eigenvalue weighted by Crippen LogP contribution is 2.61. The minimum absolute atomic E-state index is 0.0379. The molecule has 0 aliphatic heterocycles.